The van der Waals surface area contributed by atoms with Gasteiger partial charge in [-0.15, -0.1) is 12.4 Å². The molecule has 0 saturated carbocycles. The minimum Gasteiger partial charge on any atom is -0.392 e. The SMILES string of the molecule is COCCNCC(=O)NCc1ccc(CO)c(F)c1.Cl. The average molecular weight is 307 g/mol. The van der Waals surface area contributed by atoms with Gasteiger partial charge in [-0.2, -0.15) is 0 Å². The first kappa shape index (κ1) is 18.8. The Labute approximate surface area is 123 Å². The molecule has 0 saturated heterocycles. The number of aliphatic hydroxyl groups excluding tert-OH is 1. The van der Waals surface area contributed by atoms with Gasteiger partial charge in [-0.3, -0.25) is 4.79 Å². The Morgan fingerprint density at radius 1 is 1.45 bits per heavy atom. The van der Waals surface area contributed by atoms with Gasteiger partial charge in [-0.1, -0.05) is 12.1 Å². The third-order valence-corrected chi connectivity index (χ3v) is 2.55. The molecule has 0 aliphatic rings. The molecule has 1 rings (SSSR count). The minimum absolute atomic E-state index is 0. The van der Waals surface area contributed by atoms with Crippen LogP contribution in [-0.2, 0) is 22.7 Å². The molecule has 1 aromatic rings. The standard InChI is InChI=1S/C13H19FN2O3.ClH/c1-19-5-4-15-8-13(18)16-7-10-2-3-11(9-17)12(14)6-10;/h2-3,6,15,17H,4-5,7-9H2,1H3,(H,16,18);1H. The molecule has 0 bridgehead atoms. The number of aliphatic hydroxyl groups is 1. The second-order valence-electron chi connectivity index (χ2n) is 4.03. The fraction of sp³-hybridized carbons (Fsp3) is 0.462. The van der Waals surface area contributed by atoms with E-state index in [1.807, 2.05) is 0 Å². The van der Waals surface area contributed by atoms with Crippen molar-refractivity contribution in [1.82, 2.24) is 10.6 Å². The Morgan fingerprint density at radius 2 is 2.20 bits per heavy atom. The van der Waals surface area contributed by atoms with E-state index in [4.69, 9.17) is 9.84 Å². The highest BCUT2D eigenvalue weighted by atomic mass is 35.5. The fourth-order valence-electron chi connectivity index (χ4n) is 1.47. The number of carbonyl (C=O) groups excluding carboxylic acids is 1. The molecule has 114 valence electrons. The Kier molecular flexibility index (Phi) is 9.92. The quantitative estimate of drug-likeness (QED) is 0.615. The molecular weight excluding hydrogens is 287 g/mol. The number of halogens is 2. The molecule has 0 unspecified atom stereocenters. The van der Waals surface area contributed by atoms with Crippen LogP contribution in [0.3, 0.4) is 0 Å². The lowest BCUT2D eigenvalue weighted by Crippen LogP contribution is -2.34. The summed E-state index contributed by atoms with van der Waals surface area (Å²) >= 11 is 0. The Bertz CT molecular complexity index is 419. The summed E-state index contributed by atoms with van der Waals surface area (Å²) in [6.45, 7) is 1.26. The first-order valence-electron chi connectivity index (χ1n) is 6.02. The van der Waals surface area contributed by atoms with E-state index in [9.17, 15) is 9.18 Å². The second kappa shape index (κ2) is 10.6. The summed E-state index contributed by atoms with van der Waals surface area (Å²) in [5.74, 6) is -0.629. The van der Waals surface area contributed by atoms with Gasteiger partial charge in [0.05, 0.1) is 19.8 Å². The first-order valence-corrected chi connectivity index (χ1v) is 6.02. The maximum atomic E-state index is 13.4. The van der Waals surface area contributed by atoms with Crippen molar-refractivity contribution in [3.05, 3.63) is 35.1 Å². The van der Waals surface area contributed by atoms with Crippen molar-refractivity contribution >= 4 is 18.3 Å². The van der Waals surface area contributed by atoms with Gasteiger partial charge in [0.1, 0.15) is 5.82 Å². The molecule has 0 heterocycles. The van der Waals surface area contributed by atoms with Gasteiger partial charge in [0.15, 0.2) is 0 Å². The molecule has 0 aliphatic carbocycles. The van der Waals surface area contributed by atoms with Crippen LogP contribution >= 0.6 is 12.4 Å². The topological polar surface area (TPSA) is 70.6 Å². The van der Waals surface area contributed by atoms with Crippen LogP contribution in [0.5, 0.6) is 0 Å². The number of hydrogen-bond acceptors (Lipinski definition) is 4. The van der Waals surface area contributed by atoms with Crippen molar-refractivity contribution in [2.24, 2.45) is 0 Å². The van der Waals surface area contributed by atoms with E-state index in [1.165, 1.54) is 12.1 Å². The van der Waals surface area contributed by atoms with E-state index in [0.717, 1.165) is 0 Å². The summed E-state index contributed by atoms with van der Waals surface area (Å²) in [6, 6.07) is 4.49. The van der Waals surface area contributed by atoms with Crippen molar-refractivity contribution in [3.63, 3.8) is 0 Å². The molecule has 0 spiro atoms. The largest absolute Gasteiger partial charge is 0.392 e. The molecule has 0 atom stereocenters. The Hall–Kier alpha value is -1.21. The van der Waals surface area contributed by atoms with Crippen LogP contribution in [0.2, 0.25) is 0 Å². The predicted octanol–water partition coefficient (Wildman–Crippen LogP) is 0.592. The number of methoxy groups -OCH3 is 1. The van der Waals surface area contributed by atoms with Gasteiger partial charge in [-0.05, 0) is 11.6 Å². The number of hydrogen-bond donors (Lipinski definition) is 3. The molecule has 0 radical (unpaired) electrons. The zero-order chi connectivity index (χ0) is 14.1. The van der Waals surface area contributed by atoms with Crippen molar-refractivity contribution < 1.29 is 19.0 Å². The van der Waals surface area contributed by atoms with E-state index in [0.29, 0.717) is 18.7 Å². The zero-order valence-electron chi connectivity index (χ0n) is 11.3. The van der Waals surface area contributed by atoms with Crippen LogP contribution in [0, 0.1) is 5.82 Å². The lowest BCUT2D eigenvalue weighted by Gasteiger charge is -2.07. The molecule has 0 fully saturated rings. The lowest BCUT2D eigenvalue weighted by atomic mass is 10.1. The molecule has 3 N–H and O–H groups in total. The highest BCUT2D eigenvalue weighted by Crippen LogP contribution is 2.10. The maximum absolute atomic E-state index is 13.4. The molecule has 1 aromatic carbocycles. The van der Waals surface area contributed by atoms with Crippen molar-refractivity contribution in [2.45, 2.75) is 13.2 Å². The van der Waals surface area contributed by atoms with Crippen LogP contribution in [-0.4, -0.2) is 37.8 Å². The monoisotopic (exact) mass is 306 g/mol. The smallest absolute Gasteiger partial charge is 0.234 e. The van der Waals surface area contributed by atoms with Gasteiger partial charge in [0.25, 0.3) is 0 Å². The maximum Gasteiger partial charge on any atom is 0.234 e. The number of nitrogens with one attached hydrogen (secondary N) is 2. The lowest BCUT2D eigenvalue weighted by molar-refractivity contribution is -0.120. The molecule has 5 nitrogen and oxygen atoms in total. The number of amides is 1. The highest BCUT2D eigenvalue weighted by Gasteiger charge is 2.04. The summed E-state index contributed by atoms with van der Waals surface area (Å²) in [7, 11) is 1.59. The summed E-state index contributed by atoms with van der Waals surface area (Å²) in [6.07, 6.45) is 0. The van der Waals surface area contributed by atoms with Crippen LogP contribution in [0.15, 0.2) is 18.2 Å². The normalized spacial score (nSPS) is 9.95. The second-order valence-corrected chi connectivity index (χ2v) is 4.03. The molecule has 0 aromatic heterocycles. The average Bonchev–Trinajstić information content (AvgIpc) is 2.41. The van der Waals surface area contributed by atoms with E-state index >= 15 is 0 Å². The van der Waals surface area contributed by atoms with Gasteiger partial charge in [-0.25, -0.2) is 4.39 Å². The van der Waals surface area contributed by atoms with Gasteiger partial charge in [0.2, 0.25) is 5.91 Å². The molecule has 0 aliphatic heterocycles. The first-order chi connectivity index (χ1) is 9.17. The van der Waals surface area contributed by atoms with Gasteiger partial charge in [0, 0.05) is 25.8 Å². The third kappa shape index (κ3) is 6.81. The third-order valence-electron chi connectivity index (χ3n) is 2.55. The van der Waals surface area contributed by atoms with Crippen LogP contribution in [0.4, 0.5) is 4.39 Å². The van der Waals surface area contributed by atoms with Crippen molar-refractivity contribution in [2.75, 3.05) is 26.8 Å². The van der Waals surface area contributed by atoms with Gasteiger partial charge >= 0.3 is 0 Å². The number of ether oxygens (including phenoxy) is 1. The van der Waals surface area contributed by atoms with Crippen molar-refractivity contribution in [1.29, 1.82) is 0 Å². The van der Waals surface area contributed by atoms with E-state index in [1.54, 1.807) is 13.2 Å². The minimum atomic E-state index is -0.465. The number of benzene rings is 1. The predicted molar refractivity (Wildman–Crippen MR) is 76.2 cm³/mol. The molecule has 7 heteroatoms. The summed E-state index contributed by atoms with van der Waals surface area (Å²) in [4.78, 5) is 11.4. The van der Waals surface area contributed by atoms with Crippen LogP contribution in [0.1, 0.15) is 11.1 Å². The Morgan fingerprint density at radius 3 is 2.80 bits per heavy atom. The summed E-state index contributed by atoms with van der Waals surface area (Å²) in [5.41, 5.74) is 0.899. The fourth-order valence-corrected chi connectivity index (χ4v) is 1.47. The molecular formula is C13H20ClFN2O3. The number of carbonyl (C=O) groups is 1. The summed E-state index contributed by atoms with van der Waals surface area (Å²) in [5, 5.41) is 14.4. The van der Waals surface area contributed by atoms with Crippen LogP contribution in [0.25, 0.3) is 0 Å². The van der Waals surface area contributed by atoms with E-state index < -0.39 is 5.82 Å². The van der Waals surface area contributed by atoms with Crippen LogP contribution < -0.4 is 10.6 Å². The van der Waals surface area contributed by atoms with Gasteiger partial charge < -0.3 is 20.5 Å². The number of rotatable bonds is 8. The van der Waals surface area contributed by atoms with E-state index in [2.05, 4.69) is 10.6 Å². The van der Waals surface area contributed by atoms with Crippen molar-refractivity contribution in [3.8, 4) is 0 Å². The molecule has 1 amide bonds. The zero-order valence-corrected chi connectivity index (χ0v) is 12.1. The van der Waals surface area contributed by atoms with E-state index in [-0.39, 0.29) is 43.6 Å². The highest BCUT2D eigenvalue weighted by molar-refractivity contribution is 5.85. The Balaban J connectivity index is 0.00000361. The summed E-state index contributed by atoms with van der Waals surface area (Å²) < 4.78 is 18.2. The molecule has 20 heavy (non-hydrogen) atoms.